The van der Waals surface area contributed by atoms with Crippen molar-refractivity contribution in [3.8, 4) is 17.1 Å². The van der Waals surface area contributed by atoms with Crippen LogP contribution in [0.2, 0.25) is 0 Å². The molecule has 0 aliphatic carbocycles. The van der Waals surface area contributed by atoms with Gasteiger partial charge in [0, 0.05) is 18.8 Å². The molecule has 1 aromatic carbocycles. The maximum absolute atomic E-state index is 12.0. The van der Waals surface area contributed by atoms with Gasteiger partial charge in [-0.15, -0.1) is 0 Å². The number of hydrogen-bond donors (Lipinski definition) is 1. The molecule has 0 amide bonds. The van der Waals surface area contributed by atoms with E-state index in [-0.39, 0.29) is 18.3 Å². The lowest BCUT2D eigenvalue weighted by Crippen LogP contribution is -2.06. The van der Waals surface area contributed by atoms with Crippen LogP contribution < -0.4 is 5.73 Å². The number of aromatic nitrogens is 4. The van der Waals surface area contributed by atoms with E-state index < -0.39 is 5.97 Å². The van der Waals surface area contributed by atoms with Gasteiger partial charge in [-0.2, -0.15) is 0 Å². The van der Waals surface area contributed by atoms with Crippen LogP contribution in [0.1, 0.15) is 23.0 Å². The predicted octanol–water partition coefficient (Wildman–Crippen LogP) is 2.91. The molecule has 9 nitrogen and oxygen atoms in total. The molecule has 4 rings (SSSR count). The average molecular weight is 417 g/mol. The minimum absolute atomic E-state index is 0.160. The Kier molecular flexibility index (Phi) is 5.31. The molecule has 31 heavy (non-hydrogen) atoms. The number of pyridine rings is 2. The van der Waals surface area contributed by atoms with Gasteiger partial charge in [-0.3, -0.25) is 9.36 Å². The number of rotatable bonds is 5. The molecule has 4 aromatic rings. The number of nitrogen functional groups attached to an aromatic ring is 1. The first-order valence-corrected chi connectivity index (χ1v) is 9.39. The number of fused-ring (bicyclic) bond motifs is 1. The zero-order chi connectivity index (χ0) is 22.0. The number of esters is 2. The molecule has 0 radical (unpaired) electrons. The fourth-order valence-electron chi connectivity index (χ4n) is 3.13. The van der Waals surface area contributed by atoms with E-state index in [1.54, 1.807) is 29.0 Å². The van der Waals surface area contributed by atoms with Crippen LogP contribution in [0.15, 0.2) is 54.7 Å². The molecule has 3 heterocycles. The van der Waals surface area contributed by atoms with Crippen LogP contribution in [0, 0.1) is 0 Å². The minimum atomic E-state index is -0.547. The van der Waals surface area contributed by atoms with Crippen LogP contribution >= 0.6 is 0 Å². The Labute approximate surface area is 177 Å². The normalized spacial score (nSPS) is 10.8. The van der Waals surface area contributed by atoms with Gasteiger partial charge in [-0.1, -0.05) is 12.1 Å². The molecule has 0 aliphatic heterocycles. The number of anilines is 1. The zero-order valence-corrected chi connectivity index (χ0v) is 16.9. The van der Waals surface area contributed by atoms with Crippen molar-refractivity contribution in [2.75, 3.05) is 12.8 Å². The molecule has 2 N–H and O–H groups in total. The molecule has 0 saturated carbocycles. The minimum Gasteiger partial charge on any atom is -0.464 e. The number of benzene rings is 1. The van der Waals surface area contributed by atoms with E-state index in [1.807, 2.05) is 30.3 Å². The lowest BCUT2D eigenvalue weighted by Gasteiger charge is -2.11. The lowest BCUT2D eigenvalue weighted by molar-refractivity contribution is -0.142. The van der Waals surface area contributed by atoms with Crippen molar-refractivity contribution < 1.29 is 19.1 Å². The largest absolute Gasteiger partial charge is 0.464 e. The molecule has 0 atom stereocenters. The Morgan fingerprint density at radius 1 is 1.06 bits per heavy atom. The van der Waals surface area contributed by atoms with E-state index in [0.29, 0.717) is 28.4 Å². The topological polar surface area (TPSA) is 122 Å². The van der Waals surface area contributed by atoms with Crippen LogP contribution in [-0.4, -0.2) is 38.6 Å². The maximum Gasteiger partial charge on any atom is 0.356 e. The standard InChI is InChI=1S/C22H19N5O4/c1-13(28)31-12-14-5-7-15(8-6-14)27-20(16-4-3-11-24-19(16)23)25-17-9-10-18(22(29)30-2)26-21(17)27/h3-11H,12H2,1-2H3,(H2,23,24). The third kappa shape index (κ3) is 3.93. The van der Waals surface area contributed by atoms with Gasteiger partial charge in [0.05, 0.1) is 12.7 Å². The summed E-state index contributed by atoms with van der Waals surface area (Å²) in [7, 11) is 1.30. The number of nitrogens with two attached hydrogens (primary N) is 1. The smallest absolute Gasteiger partial charge is 0.356 e. The zero-order valence-electron chi connectivity index (χ0n) is 16.9. The van der Waals surface area contributed by atoms with Gasteiger partial charge in [0.15, 0.2) is 17.2 Å². The quantitative estimate of drug-likeness (QED) is 0.492. The second-order valence-corrected chi connectivity index (χ2v) is 6.68. The molecular weight excluding hydrogens is 398 g/mol. The van der Waals surface area contributed by atoms with Crippen molar-refractivity contribution >= 4 is 28.9 Å². The van der Waals surface area contributed by atoms with E-state index in [9.17, 15) is 9.59 Å². The maximum atomic E-state index is 12.0. The van der Waals surface area contributed by atoms with Crippen molar-refractivity contribution in [1.82, 2.24) is 19.5 Å². The van der Waals surface area contributed by atoms with E-state index in [4.69, 9.17) is 15.2 Å². The average Bonchev–Trinajstić information content (AvgIpc) is 3.16. The number of carbonyl (C=O) groups excluding carboxylic acids is 2. The fraction of sp³-hybridized carbons (Fsp3) is 0.136. The Bertz CT molecular complexity index is 1280. The molecule has 9 heteroatoms. The molecule has 0 spiro atoms. The summed E-state index contributed by atoms with van der Waals surface area (Å²) in [6.07, 6.45) is 1.60. The van der Waals surface area contributed by atoms with Crippen LogP contribution in [0.25, 0.3) is 28.2 Å². The van der Waals surface area contributed by atoms with Gasteiger partial charge in [0.1, 0.15) is 17.9 Å². The number of methoxy groups -OCH3 is 1. The van der Waals surface area contributed by atoms with E-state index in [1.165, 1.54) is 14.0 Å². The number of ether oxygens (including phenoxy) is 2. The number of hydrogen-bond acceptors (Lipinski definition) is 8. The summed E-state index contributed by atoms with van der Waals surface area (Å²) in [5.74, 6) is -0.0473. The van der Waals surface area contributed by atoms with Gasteiger partial charge in [-0.25, -0.2) is 19.7 Å². The predicted molar refractivity (Wildman–Crippen MR) is 113 cm³/mol. The Balaban J connectivity index is 1.90. The number of nitrogens with zero attached hydrogens (tertiary/aromatic N) is 4. The van der Waals surface area contributed by atoms with Crippen molar-refractivity contribution in [3.63, 3.8) is 0 Å². The van der Waals surface area contributed by atoms with Gasteiger partial charge in [0.25, 0.3) is 0 Å². The second kappa shape index (κ2) is 8.23. The van der Waals surface area contributed by atoms with Crippen LogP contribution in [0.4, 0.5) is 5.82 Å². The number of imidazole rings is 1. The Morgan fingerprint density at radius 3 is 2.52 bits per heavy atom. The summed E-state index contributed by atoms with van der Waals surface area (Å²) in [4.78, 5) is 36.4. The van der Waals surface area contributed by atoms with Gasteiger partial charge >= 0.3 is 11.9 Å². The molecular formula is C22H19N5O4. The van der Waals surface area contributed by atoms with E-state index in [2.05, 4.69) is 15.0 Å². The summed E-state index contributed by atoms with van der Waals surface area (Å²) >= 11 is 0. The first-order valence-electron chi connectivity index (χ1n) is 9.39. The highest BCUT2D eigenvalue weighted by Gasteiger charge is 2.19. The molecule has 0 bridgehead atoms. The summed E-state index contributed by atoms with van der Waals surface area (Å²) in [5, 5.41) is 0. The Morgan fingerprint density at radius 2 is 1.84 bits per heavy atom. The van der Waals surface area contributed by atoms with Crippen LogP contribution in [-0.2, 0) is 20.9 Å². The highest BCUT2D eigenvalue weighted by atomic mass is 16.5. The molecule has 0 saturated heterocycles. The van der Waals surface area contributed by atoms with Gasteiger partial charge in [0.2, 0.25) is 0 Å². The molecule has 3 aromatic heterocycles. The second-order valence-electron chi connectivity index (χ2n) is 6.68. The molecule has 0 aliphatic rings. The SMILES string of the molecule is COC(=O)c1ccc2nc(-c3cccnc3N)n(-c3ccc(COC(C)=O)cc3)c2n1. The van der Waals surface area contributed by atoms with Crippen LogP contribution in [0.3, 0.4) is 0 Å². The van der Waals surface area contributed by atoms with Crippen molar-refractivity contribution in [1.29, 1.82) is 0 Å². The highest BCUT2D eigenvalue weighted by molar-refractivity contribution is 5.91. The summed E-state index contributed by atoms with van der Waals surface area (Å²) in [6.45, 7) is 1.54. The summed E-state index contributed by atoms with van der Waals surface area (Å²) in [6, 6.07) is 14.2. The molecule has 0 unspecified atom stereocenters. The van der Waals surface area contributed by atoms with E-state index >= 15 is 0 Å². The van der Waals surface area contributed by atoms with Crippen molar-refractivity contribution in [3.05, 3.63) is 66.0 Å². The molecule has 0 fully saturated rings. The first kappa shape index (κ1) is 20.0. The third-order valence-electron chi connectivity index (χ3n) is 4.62. The lowest BCUT2D eigenvalue weighted by atomic mass is 10.2. The first-order chi connectivity index (χ1) is 15.0. The summed E-state index contributed by atoms with van der Waals surface area (Å²) < 4.78 is 11.6. The molecule has 156 valence electrons. The van der Waals surface area contributed by atoms with Crippen molar-refractivity contribution in [2.45, 2.75) is 13.5 Å². The van der Waals surface area contributed by atoms with Crippen molar-refractivity contribution in [2.24, 2.45) is 0 Å². The number of carbonyl (C=O) groups is 2. The van der Waals surface area contributed by atoms with Crippen LogP contribution in [0.5, 0.6) is 0 Å². The summed E-state index contributed by atoms with van der Waals surface area (Å²) in [5.41, 5.74) is 9.51. The Hall–Kier alpha value is -4.27. The fourth-order valence-corrected chi connectivity index (χ4v) is 3.13. The van der Waals surface area contributed by atoms with Gasteiger partial charge < -0.3 is 15.2 Å². The highest BCUT2D eigenvalue weighted by Crippen LogP contribution is 2.30. The third-order valence-corrected chi connectivity index (χ3v) is 4.62. The van der Waals surface area contributed by atoms with Gasteiger partial charge in [-0.05, 0) is 42.0 Å². The monoisotopic (exact) mass is 417 g/mol. The van der Waals surface area contributed by atoms with E-state index in [0.717, 1.165) is 11.3 Å².